The number of benzene rings is 2. The topological polar surface area (TPSA) is 54.7 Å². The highest BCUT2D eigenvalue weighted by atomic mass is 35.5. The quantitative estimate of drug-likeness (QED) is 0.452. The third kappa shape index (κ3) is 2.87. The van der Waals surface area contributed by atoms with Gasteiger partial charge in [0, 0.05) is 22.5 Å². The van der Waals surface area contributed by atoms with Crippen molar-refractivity contribution in [2.24, 2.45) is 5.73 Å². The highest BCUT2D eigenvalue weighted by Crippen LogP contribution is 2.39. The number of aryl methyl sites for hydroxylation is 2. The average Bonchev–Trinajstić information content (AvgIpc) is 3.05. The molecule has 2 aromatic carbocycles. The van der Waals surface area contributed by atoms with Gasteiger partial charge in [0.25, 0.3) is 0 Å². The minimum Gasteiger partial charge on any atom is -0.354 e. The molecule has 0 saturated carbocycles. The summed E-state index contributed by atoms with van der Waals surface area (Å²) >= 11 is 6.61. The molecule has 0 atom stereocenters. The molecule has 0 aliphatic carbocycles. The van der Waals surface area contributed by atoms with E-state index in [0.717, 1.165) is 51.8 Å². The summed E-state index contributed by atoms with van der Waals surface area (Å²) in [6, 6.07) is 14.4. The first-order chi connectivity index (χ1) is 12.7. The van der Waals surface area contributed by atoms with E-state index in [1.54, 1.807) is 0 Å². The molecule has 0 aliphatic heterocycles. The third-order valence-electron chi connectivity index (χ3n) is 5.01. The van der Waals surface area contributed by atoms with Gasteiger partial charge in [-0.25, -0.2) is 0 Å². The highest BCUT2D eigenvalue weighted by Gasteiger charge is 2.18. The van der Waals surface area contributed by atoms with Crippen LogP contribution in [0.15, 0.2) is 48.7 Å². The lowest BCUT2D eigenvalue weighted by Gasteiger charge is -2.09. The molecule has 26 heavy (non-hydrogen) atoms. The zero-order chi connectivity index (χ0) is 18.1. The van der Waals surface area contributed by atoms with Crippen molar-refractivity contribution in [3.63, 3.8) is 0 Å². The van der Waals surface area contributed by atoms with Gasteiger partial charge in [0.2, 0.25) is 0 Å². The van der Waals surface area contributed by atoms with Crippen LogP contribution in [0, 0.1) is 6.92 Å². The first kappa shape index (κ1) is 17.1. The molecule has 4 heteroatoms. The van der Waals surface area contributed by atoms with Gasteiger partial charge < -0.3 is 10.7 Å². The van der Waals surface area contributed by atoms with Crippen molar-refractivity contribution in [1.82, 2.24) is 9.97 Å². The van der Waals surface area contributed by atoms with Gasteiger partial charge in [-0.3, -0.25) is 4.98 Å². The Morgan fingerprint density at radius 3 is 2.81 bits per heavy atom. The molecular formula is C22H22ClN3. The SMILES string of the molecule is Cc1ccc(Cl)c2c(CCCCN)c(-c3cccc4ncccc34)[nH]c12. The predicted octanol–water partition coefficient (Wildman–Crippen LogP) is 5.63. The van der Waals surface area contributed by atoms with Crippen LogP contribution in [0.25, 0.3) is 33.1 Å². The van der Waals surface area contributed by atoms with Crippen molar-refractivity contribution in [1.29, 1.82) is 0 Å². The lowest BCUT2D eigenvalue weighted by molar-refractivity contribution is 0.748. The van der Waals surface area contributed by atoms with E-state index in [1.807, 2.05) is 24.4 Å². The van der Waals surface area contributed by atoms with E-state index < -0.39 is 0 Å². The van der Waals surface area contributed by atoms with Crippen LogP contribution in [0.5, 0.6) is 0 Å². The zero-order valence-corrected chi connectivity index (χ0v) is 15.6. The molecule has 0 fully saturated rings. The number of hydrogen-bond donors (Lipinski definition) is 2. The van der Waals surface area contributed by atoms with E-state index in [2.05, 4.69) is 41.2 Å². The molecule has 0 amide bonds. The maximum Gasteiger partial charge on any atom is 0.0708 e. The highest BCUT2D eigenvalue weighted by molar-refractivity contribution is 6.36. The molecule has 2 heterocycles. The number of nitrogens with one attached hydrogen (secondary N) is 1. The second kappa shape index (κ2) is 7.10. The van der Waals surface area contributed by atoms with Crippen LogP contribution in [0.3, 0.4) is 0 Å². The molecule has 4 rings (SSSR count). The Morgan fingerprint density at radius 2 is 1.96 bits per heavy atom. The standard InChI is InChI=1S/C22H22ClN3/c1-14-10-11-18(23)20-17(6-2-3-12-24)22(26-21(14)20)16-7-4-9-19-15(16)8-5-13-25-19/h4-5,7-11,13,26H,2-3,6,12,24H2,1H3. The van der Waals surface area contributed by atoms with Crippen LogP contribution in [0.4, 0.5) is 0 Å². The number of aromatic amines is 1. The largest absolute Gasteiger partial charge is 0.354 e. The number of nitrogens with two attached hydrogens (primary N) is 1. The molecule has 3 N–H and O–H groups in total. The summed E-state index contributed by atoms with van der Waals surface area (Å²) in [4.78, 5) is 8.17. The Balaban J connectivity index is 2.00. The molecule has 132 valence electrons. The fourth-order valence-electron chi connectivity index (χ4n) is 3.71. The molecule has 2 aromatic heterocycles. The van der Waals surface area contributed by atoms with Gasteiger partial charge in [0.05, 0.1) is 21.7 Å². The van der Waals surface area contributed by atoms with Crippen molar-refractivity contribution >= 4 is 33.4 Å². The minimum atomic E-state index is 0.711. The summed E-state index contributed by atoms with van der Waals surface area (Å²) in [5, 5.41) is 3.09. The second-order valence-electron chi connectivity index (χ2n) is 6.71. The first-order valence-electron chi connectivity index (χ1n) is 9.04. The number of rotatable bonds is 5. The summed E-state index contributed by atoms with van der Waals surface area (Å²) in [7, 11) is 0. The summed E-state index contributed by atoms with van der Waals surface area (Å²) < 4.78 is 0. The van der Waals surface area contributed by atoms with Gasteiger partial charge >= 0.3 is 0 Å². The number of aromatic nitrogens is 2. The lowest BCUT2D eigenvalue weighted by atomic mass is 9.97. The molecule has 0 radical (unpaired) electrons. The molecule has 3 nitrogen and oxygen atoms in total. The number of hydrogen-bond acceptors (Lipinski definition) is 2. The van der Waals surface area contributed by atoms with Crippen LogP contribution in [-0.4, -0.2) is 16.5 Å². The Labute approximate surface area is 158 Å². The van der Waals surface area contributed by atoms with E-state index in [1.165, 1.54) is 16.7 Å². The maximum absolute atomic E-state index is 6.61. The normalized spacial score (nSPS) is 11.5. The molecule has 0 bridgehead atoms. The predicted molar refractivity (Wildman–Crippen MR) is 111 cm³/mol. The lowest BCUT2D eigenvalue weighted by Crippen LogP contribution is -1.99. The number of unbranched alkanes of at least 4 members (excludes halogenated alkanes) is 1. The number of halogens is 1. The van der Waals surface area contributed by atoms with Gasteiger partial charge in [0.1, 0.15) is 0 Å². The van der Waals surface area contributed by atoms with Gasteiger partial charge in [-0.1, -0.05) is 35.9 Å². The Morgan fingerprint density at radius 1 is 1.08 bits per heavy atom. The van der Waals surface area contributed by atoms with Crippen molar-refractivity contribution in [3.8, 4) is 11.3 Å². The number of pyridine rings is 1. The average molecular weight is 364 g/mol. The van der Waals surface area contributed by atoms with E-state index in [0.29, 0.717) is 6.54 Å². The third-order valence-corrected chi connectivity index (χ3v) is 5.33. The van der Waals surface area contributed by atoms with Crippen LogP contribution >= 0.6 is 11.6 Å². The number of nitrogens with zero attached hydrogens (tertiary/aromatic N) is 1. The maximum atomic E-state index is 6.61. The van der Waals surface area contributed by atoms with Gasteiger partial charge in [-0.2, -0.15) is 0 Å². The Kier molecular flexibility index (Phi) is 4.66. The van der Waals surface area contributed by atoms with Gasteiger partial charge in [-0.15, -0.1) is 0 Å². The zero-order valence-electron chi connectivity index (χ0n) is 14.8. The van der Waals surface area contributed by atoms with Crippen molar-refractivity contribution in [2.45, 2.75) is 26.2 Å². The molecule has 4 aromatic rings. The Bertz CT molecular complexity index is 1080. The van der Waals surface area contributed by atoms with E-state index in [4.69, 9.17) is 17.3 Å². The Hall–Kier alpha value is -2.36. The second-order valence-corrected chi connectivity index (χ2v) is 7.12. The van der Waals surface area contributed by atoms with Crippen LogP contribution in [0.1, 0.15) is 24.0 Å². The summed E-state index contributed by atoms with van der Waals surface area (Å²) in [6.07, 6.45) is 4.84. The van der Waals surface area contributed by atoms with Crippen LogP contribution < -0.4 is 5.73 Å². The van der Waals surface area contributed by atoms with E-state index >= 15 is 0 Å². The van der Waals surface area contributed by atoms with Crippen molar-refractivity contribution in [3.05, 3.63) is 64.8 Å². The number of fused-ring (bicyclic) bond motifs is 2. The smallest absolute Gasteiger partial charge is 0.0708 e. The van der Waals surface area contributed by atoms with Crippen molar-refractivity contribution in [2.75, 3.05) is 6.54 Å². The van der Waals surface area contributed by atoms with Crippen LogP contribution in [-0.2, 0) is 6.42 Å². The van der Waals surface area contributed by atoms with E-state index in [9.17, 15) is 0 Å². The molecule has 0 unspecified atom stereocenters. The molecule has 0 saturated heterocycles. The van der Waals surface area contributed by atoms with Gasteiger partial charge in [0.15, 0.2) is 0 Å². The fourth-order valence-corrected chi connectivity index (χ4v) is 3.98. The summed E-state index contributed by atoms with van der Waals surface area (Å²) in [5.74, 6) is 0. The minimum absolute atomic E-state index is 0.711. The number of H-pyrrole nitrogens is 1. The monoisotopic (exact) mass is 363 g/mol. The summed E-state index contributed by atoms with van der Waals surface area (Å²) in [6.45, 7) is 2.83. The van der Waals surface area contributed by atoms with E-state index in [-0.39, 0.29) is 0 Å². The van der Waals surface area contributed by atoms with Crippen LogP contribution in [0.2, 0.25) is 5.02 Å². The van der Waals surface area contributed by atoms with Gasteiger partial charge in [-0.05, 0) is 62.1 Å². The molecule has 0 aliphatic rings. The first-order valence-corrected chi connectivity index (χ1v) is 9.42. The fraction of sp³-hybridized carbons (Fsp3) is 0.227. The summed E-state index contributed by atoms with van der Waals surface area (Å²) in [5.41, 5.74) is 12.6. The molecular weight excluding hydrogens is 342 g/mol. The van der Waals surface area contributed by atoms with Crippen molar-refractivity contribution < 1.29 is 0 Å². The molecule has 0 spiro atoms.